The Balaban J connectivity index is 1.87. The minimum Gasteiger partial charge on any atom is -0.493 e. The average molecular weight is 298 g/mol. The molecule has 0 saturated heterocycles. The van der Waals surface area contributed by atoms with Gasteiger partial charge in [-0.15, -0.1) is 11.3 Å². The fourth-order valence-electron chi connectivity index (χ4n) is 2.19. The second kappa shape index (κ2) is 6.70. The van der Waals surface area contributed by atoms with Crippen molar-refractivity contribution in [2.75, 3.05) is 20.2 Å². The first-order valence-corrected chi connectivity index (χ1v) is 7.92. The molecule has 4 heteroatoms. The van der Waals surface area contributed by atoms with Crippen molar-refractivity contribution in [3.8, 4) is 16.3 Å². The van der Waals surface area contributed by atoms with Crippen molar-refractivity contribution in [3.63, 3.8) is 0 Å². The van der Waals surface area contributed by atoms with E-state index >= 15 is 0 Å². The van der Waals surface area contributed by atoms with Crippen molar-refractivity contribution < 1.29 is 4.74 Å². The largest absolute Gasteiger partial charge is 0.493 e. The monoisotopic (exact) mass is 298 g/mol. The van der Waals surface area contributed by atoms with Crippen molar-refractivity contribution in [3.05, 3.63) is 48.5 Å². The fourth-order valence-corrected chi connectivity index (χ4v) is 3.18. The summed E-state index contributed by atoms with van der Waals surface area (Å²) in [5.41, 5.74) is 2.12. The van der Waals surface area contributed by atoms with Gasteiger partial charge in [0.2, 0.25) is 0 Å². The average Bonchev–Trinajstić information content (AvgIpc) is 2.96. The molecule has 1 N–H and O–H groups in total. The van der Waals surface area contributed by atoms with Crippen LogP contribution in [-0.4, -0.2) is 25.2 Å². The fraction of sp³-hybridized carbons (Fsp3) is 0.235. The van der Waals surface area contributed by atoms with Crippen LogP contribution in [0.4, 0.5) is 0 Å². The van der Waals surface area contributed by atoms with Crippen molar-refractivity contribution in [2.45, 2.75) is 6.42 Å². The van der Waals surface area contributed by atoms with E-state index in [1.807, 2.05) is 43.4 Å². The number of ether oxygens (including phenoxy) is 1. The number of rotatable bonds is 6. The van der Waals surface area contributed by atoms with Crippen LogP contribution in [0, 0.1) is 0 Å². The van der Waals surface area contributed by atoms with Crippen LogP contribution in [0.15, 0.2) is 48.5 Å². The molecule has 0 amide bonds. The Hall–Kier alpha value is -1.91. The molecule has 1 aromatic heterocycles. The lowest BCUT2D eigenvalue weighted by molar-refractivity contribution is 0.311. The Labute approximate surface area is 128 Å². The first-order chi connectivity index (χ1) is 10.4. The van der Waals surface area contributed by atoms with Gasteiger partial charge in [-0.3, -0.25) is 0 Å². The highest BCUT2D eigenvalue weighted by molar-refractivity contribution is 7.21. The molecule has 2 aromatic carbocycles. The van der Waals surface area contributed by atoms with Gasteiger partial charge in [-0.25, -0.2) is 4.98 Å². The number of hydrogen-bond donors (Lipinski definition) is 1. The van der Waals surface area contributed by atoms with Crippen LogP contribution in [-0.2, 0) is 0 Å². The predicted molar refractivity (Wildman–Crippen MR) is 89.1 cm³/mol. The highest BCUT2D eigenvalue weighted by atomic mass is 32.1. The third-order valence-corrected chi connectivity index (χ3v) is 4.31. The highest BCUT2D eigenvalue weighted by Crippen LogP contribution is 2.35. The molecule has 0 radical (unpaired) electrons. The van der Waals surface area contributed by atoms with Gasteiger partial charge in [0.25, 0.3) is 0 Å². The zero-order valence-electron chi connectivity index (χ0n) is 12.0. The summed E-state index contributed by atoms with van der Waals surface area (Å²) in [4.78, 5) is 4.71. The minimum absolute atomic E-state index is 0.711. The zero-order chi connectivity index (χ0) is 14.5. The van der Waals surface area contributed by atoms with Gasteiger partial charge in [-0.1, -0.05) is 24.3 Å². The van der Waals surface area contributed by atoms with Crippen LogP contribution >= 0.6 is 11.3 Å². The van der Waals surface area contributed by atoms with E-state index in [1.54, 1.807) is 11.3 Å². The molecular weight excluding hydrogens is 280 g/mol. The van der Waals surface area contributed by atoms with Crippen molar-refractivity contribution in [1.82, 2.24) is 10.3 Å². The van der Waals surface area contributed by atoms with Gasteiger partial charge in [-0.2, -0.15) is 0 Å². The molecule has 21 heavy (non-hydrogen) atoms. The third kappa shape index (κ3) is 3.23. The SMILES string of the molecule is CNCCCOc1ccccc1-c1nc2ccccc2s1. The van der Waals surface area contributed by atoms with Crippen LogP contribution in [0.3, 0.4) is 0 Å². The lowest BCUT2D eigenvalue weighted by Crippen LogP contribution is -2.11. The van der Waals surface area contributed by atoms with E-state index in [-0.39, 0.29) is 0 Å². The molecule has 3 rings (SSSR count). The number of fused-ring (bicyclic) bond motifs is 1. The van der Waals surface area contributed by atoms with E-state index in [1.165, 1.54) is 4.70 Å². The van der Waals surface area contributed by atoms with E-state index in [9.17, 15) is 0 Å². The van der Waals surface area contributed by atoms with Gasteiger partial charge in [-0.05, 0) is 44.3 Å². The maximum Gasteiger partial charge on any atom is 0.129 e. The van der Waals surface area contributed by atoms with Gasteiger partial charge < -0.3 is 10.1 Å². The Bertz CT molecular complexity index is 690. The summed E-state index contributed by atoms with van der Waals surface area (Å²) < 4.78 is 7.12. The number of benzene rings is 2. The Kier molecular flexibility index (Phi) is 4.48. The van der Waals surface area contributed by atoms with E-state index in [0.717, 1.165) is 34.8 Å². The van der Waals surface area contributed by atoms with Crippen molar-refractivity contribution in [1.29, 1.82) is 0 Å². The van der Waals surface area contributed by atoms with Gasteiger partial charge in [0.1, 0.15) is 10.8 Å². The number of thiazole rings is 1. The van der Waals surface area contributed by atoms with Crippen LogP contribution < -0.4 is 10.1 Å². The zero-order valence-corrected chi connectivity index (χ0v) is 12.8. The predicted octanol–water partition coefficient (Wildman–Crippen LogP) is 3.95. The lowest BCUT2D eigenvalue weighted by atomic mass is 10.2. The van der Waals surface area contributed by atoms with Crippen LogP contribution in [0.2, 0.25) is 0 Å². The molecule has 0 bridgehead atoms. The molecule has 0 spiro atoms. The molecule has 1 heterocycles. The standard InChI is InChI=1S/C17H18N2OS/c1-18-11-6-12-20-15-9-4-2-7-13(15)17-19-14-8-3-5-10-16(14)21-17/h2-5,7-10,18H,6,11-12H2,1H3. The first-order valence-electron chi connectivity index (χ1n) is 7.11. The van der Waals surface area contributed by atoms with E-state index < -0.39 is 0 Å². The van der Waals surface area contributed by atoms with Gasteiger partial charge >= 0.3 is 0 Å². The summed E-state index contributed by atoms with van der Waals surface area (Å²) in [6, 6.07) is 16.3. The molecule has 0 unspecified atom stereocenters. The highest BCUT2D eigenvalue weighted by Gasteiger charge is 2.10. The van der Waals surface area contributed by atoms with Gasteiger partial charge in [0.05, 0.1) is 22.4 Å². The maximum atomic E-state index is 5.92. The van der Waals surface area contributed by atoms with E-state index in [0.29, 0.717) is 6.61 Å². The molecule has 108 valence electrons. The Morgan fingerprint density at radius 2 is 1.90 bits per heavy atom. The quantitative estimate of drug-likeness (QED) is 0.700. The van der Waals surface area contributed by atoms with Gasteiger partial charge in [0.15, 0.2) is 0 Å². The lowest BCUT2D eigenvalue weighted by Gasteiger charge is -2.09. The molecule has 0 aliphatic rings. The molecule has 0 aliphatic heterocycles. The molecule has 0 atom stereocenters. The second-order valence-electron chi connectivity index (χ2n) is 4.79. The van der Waals surface area contributed by atoms with E-state index in [2.05, 4.69) is 17.4 Å². The normalized spacial score (nSPS) is 10.9. The van der Waals surface area contributed by atoms with Crippen molar-refractivity contribution in [2.24, 2.45) is 0 Å². The molecule has 3 nitrogen and oxygen atoms in total. The number of aromatic nitrogens is 1. The second-order valence-corrected chi connectivity index (χ2v) is 5.82. The number of hydrogen-bond acceptors (Lipinski definition) is 4. The Morgan fingerprint density at radius 3 is 2.76 bits per heavy atom. The molecule has 0 aliphatic carbocycles. The molecule has 3 aromatic rings. The number of nitrogens with zero attached hydrogens (tertiary/aromatic N) is 1. The van der Waals surface area contributed by atoms with E-state index in [4.69, 9.17) is 9.72 Å². The van der Waals surface area contributed by atoms with Gasteiger partial charge in [0, 0.05) is 0 Å². The minimum atomic E-state index is 0.711. The molecule has 0 fully saturated rings. The topological polar surface area (TPSA) is 34.1 Å². The van der Waals surface area contributed by atoms with Crippen LogP contribution in [0.5, 0.6) is 5.75 Å². The Morgan fingerprint density at radius 1 is 1.10 bits per heavy atom. The number of para-hydroxylation sites is 2. The molecular formula is C17H18N2OS. The van der Waals surface area contributed by atoms with Crippen LogP contribution in [0.1, 0.15) is 6.42 Å². The number of nitrogens with one attached hydrogen (secondary N) is 1. The van der Waals surface area contributed by atoms with Crippen molar-refractivity contribution >= 4 is 21.6 Å². The first kappa shape index (κ1) is 14.0. The summed E-state index contributed by atoms with van der Waals surface area (Å²) in [6.07, 6.45) is 0.991. The smallest absolute Gasteiger partial charge is 0.129 e. The summed E-state index contributed by atoms with van der Waals surface area (Å²) in [5.74, 6) is 0.910. The third-order valence-electron chi connectivity index (χ3n) is 3.24. The summed E-state index contributed by atoms with van der Waals surface area (Å²) in [6.45, 7) is 1.67. The molecule has 0 saturated carbocycles. The van der Waals surface area contributed by atoms with Crippen LogP contribution in [0.25, 0.3) is 20.8 Å². The summed E-state index contributed by atoms with van der Waals surface area (Å²) >= 11 is 1.70. The maximum absolute atomic E-state index is 5.92. The summed E-state index contributed by atoms with van der Waals surface area (Å²) in [5, 5.41) is 4.14. The summed E-state index contributed by atoms with van der Waals surface area (Å²) in [7, 11) is 1.95.